The van der Waals surface area contributed by atoms with Gasteiger partial charge in [-0.1, -0.05) is 6.07 Å². The summed E-state index contributed by atoms with van der Waals surface area (Å²) in [5, 5.41) is 12.3. The van der Waals surface area contributed by atoms with E-state index in [2.05, 4.69) is 20.3 Å². The first-order valence-electron chi connectivity index (χ1n) is 6.98. The Morgan fingerprint density at radius 1 is 1.17 bits per heavy atom. The van der Waals surface area contributed by atoms with Crippen LogP contribution in [0.25, 0.3) is 11.3 Å². The third-order valence-corrected chi connectivity index (χ3v) is 3.26. The van der Waals surface area contributed by atoms with Crippen molar-refractivity contribution in [3.05, 3.63) is 66.1 Å². The smallest absolute Gasteiger partial charge is 0.337 e. The van der Waals surface area contributed by atoms with Crippen molar-refractivity contribution in [3.63, 3.8) is 0 Å². The number of aryl methyl sites for hydroxylation is 1. The van der Waals surface area contributed by atoms with Crippen molar-refractivity contribution >= 4 is 17.6 Å². The Morgan fingerprint density at radius 2 is 2.04 bits per heavy atom. The van der Waals surface area contributed by atoms with E-state index in [1.54, 1.807) is 42.9 Å². The van der Waals surface area contributed by atoms with Gasteiger partial charge in [-0.15, -0.1) is 0 Å². The van der Waals surface area contributed by atoms with E-state index >= 15 is 0 Å². The fraction of sp³-hybridized carbons (Fsp3) is 0.0588. The van der Waals surface area contributed by atoms with Gasteiger partial charge in [0, 0.05) is 24.2 Å². The molecule has 6 heteroatoms. The first-order chi connectivity index (χ1) is 11.1. The maximum Gasteiger partial charge on any atom is 0.337 e. The van der Waals surface area contributed by atoms with Crippen LogP contribution in [0, 0.1) is 6.92 Å². The fourth-order valence-electron chi connectivity index (χ4n) is 2.16. The van der Waals surface area contributed by atoms with Crippen LogP contribution in [0.15, 0.2) is 55.0 Å². The SMILES string of the molecule is Cc1ccc(C(=O)O)c(Nc2nccc(-c3cccnc3)n2)c1. The molecule has 2 heterocycles. The van der Waals surface area contributed by atoms with E-state index in [-0.39, 0.29) is 5.56 Å². The number of pyridine rings is 1. The van der Waals surface area contributed by atoms with Crippen molar-refractivity contribution in [2.45, 2.75) is 6.92 Å². The van der Waals surface area contributed by atoms with E-state index in [9.17, 15) is 9.90 Å². The molecular weight excluding hydrogens is 292 g/mol. The maximum atomic E-state index is 11.3. The largest absolute Gasteiger partial charge is 0.478 e. The van der Waals surface area contributed by atoms with Gasteiger partial charge >= 0.3 is 5.97 Å². The van der Waals surface area contributed by atoms with Gasteiger partial charge in [-0.3, -0.25) is 4.98 Å². The number of benzene rings is 1. The minimum Gasteiger partial charge on any atom is -0.478 e. The Morgan fingerprint density at radius 3 is 2.78 bits per heavy atom. The van der Waals surface area contributed by atoms with Gasteiger partial charge in [-0.25, -0.2) is 14.8 Å². The van der Waals surface area contributed by atoms with E-state index < -0.39 is 5.97 Å². The van der Waals surface area contributed by atoms with Gasteiger partial charge in [0.1, 0.15) is 0 Å². The van der Waals surface area contributed by atoms with Crippen LogP contribution in [0.3, 0.4) is 0 Å². The Hall–Kier alpha value is -3.28. The molecule has 0 atom stereocenters. The van der Waals surface area contributed by atoms with E-state index in [0.717, 1.165) is 11.1 Å². The lowest BCUT2D eigenvalue weighted by Crippen LogP contribution is -2.05. The normalized spacial score (nSPS) is 10.3. The molecule has 0 amide bonds. The van der Waals surface area contributed by atoms with Crippen molar-refractivity contribution in [2.75, 3.05) is 5.32 Å². The molecule has 2 N–H and O–H groups in total. The van der Waals surface area contributed by atoms with E-state index in [1.165, 1.54) is 0 Å². The quantitative estimate of drug-likeness (QED) is 0.769. The molecule has 2 aromatic heterocycles. The van der Waals surface area contributed by atoms with Crippen LogP contribution in [-0.2, 0) is 0 Å². The summed E-state index contributed by atoms with van der Waals surface area (Å²) in [6, 6.07) is 10.6. The summed E-state index contributed by atoms with van der Waals surface area (Å²) in [4.78, 5) is 24.0. The highest BCUT2D eigenvalue weighted by molar-refractivity contribution is 5.95. The molecule has 3 aromatic rings. The molecule has 3 rings (SSSR count). The zero-order chi connectivity index (χ0) is 16.2. The number of aromatic carboxylic acids is 1. The standard InChI is InChI=1S/C17H14N4O2/c1-11-4-5-13(16(22)23)15(9-11)21-17-19-8-6-14(20-17)12-3-2-7-18-10-12/h2-10H,1H3,(H,22,23)(H,19,20,21). The van der Waals surface area contributed by atoms with E-state index in [1.807, 2.05) is 19.1 Å². The van der Waals surface area contributed by atoms with Gasteiger partial charge < -0.3 is 10.4 Å². The summed E-state index contributed by atoms with van der Waals surface area (Å²) in [6.45, 7) is 1.89. The molecule has 0 bridgehead atoms. The number of nitrogens with one attached hydrogen (secondary N) is 1. The number of hydrogen-bond donors (Lipinski definition) is 2. The number of anilines is 2. The summed E-state index contributed by atoms with van der Waals surface area (Å²) in [5.41, 5.74) is 3.15. The van der Waals surface area contributed by atoms with Gasteiger partial charge in [0.2, 0.25) is 5.95 Å². The van der Waals surface area contributed by atoms with E-state index in [0.29, 0.717) is 17.3 Å². The molecule has 114 valence electrons. The van der Waals surface area contributed by atoms with Crippen LogP contribution in [-0.4, -0.2) is 26.0 Å². The molecule has 6 nitrogen and oxygen atoms in total. The molecular formula is C17H14N4O2. The second-order valence-electron chi connectivity index (χ2n) is 4.99. The molecule has 1 aromatic carbocycles. The molecule has 0 spiro atoms. The van der Waals surface area contributed by atoms with Crippen molar-refractivity contribution in [3.8, 4) is 11.3 Å². The van der Waals surface area contributed by atoms with Gasteiger partial charge in [0.05, 0.1) is 16.9 Å². The molecule has 23 heavy (non-hydrogen) atoms. The van der Waals surface area contributed by atoms with Crippen molar-refractivity contribution in [1.82, 2.24) is 15.0 Å². The first-order valence-corrected chi connectivity index (χ1v) is 6.98. The summed E-state index contributed by atoms with van der Waals surface area (Å²) < 4.78 is 0. The molecule has 0 unspecified atom stereocenters. The van der Waals surface area contributed by atoms with Crippen LogP contribution in [0.2, 0.25) is 0 Å². The van der Waals surface area contributed by atoms with Crippen LogP contribution >= 0.6 is 0 Å². The first kappa shape index (κ1) is 14.6. The van der Waals surface area contributed by atoms with Gasteiger partial charge in [-0.05, 0) is 42.8 Å². The molecule has 0 aliphatic rings. The Bertz CT molecular complexity index is 850. The lowest BCUT2D eigenvalue weighted by molar-refractivity contribution is 0.0698. The predicted molar refractivity (Wildman–Crippen MR) is 86.7 cm³/mol. The summed E-state index contributed by atoms with van der Waals surface area (Å²) in [7, 11) is 0. The monoisotopic (exact) mass is 306 g/mol. The van der Waals surface area contributed by atoms with Gasteiger partial charge in [0.15, 0.2) is 0 Å². The number of rotatable bonds is 4. The molecule has 0 saturated carbocycles. The topological polar surface area (TPSA) is 88.0 Å². The molecule has 0 aliphatic heterocycles. The Balaban J connectivity index is 1.96. The third-order valence-electron chi connectivity index (χ3n) is 3.26. The van der Waals surface area contributed by atoms with Crippen LogP contribution in [0.4, 0.5) is 11.6 Å². The van der Waals surface area contributed by atoms with Crippen LogP contribution in [0.1, 0.15) is 15.9 Å². The summed E-state index contributed by atoms with van der Waals surface area (Å²) >= 11 is 0. The minimum absolute atomic E-state index is 0.172. The fourth-order valence-corrected chi connectivity index (χ4v) is 2.16. The van der Waals surface area contributed by atoms with Crippen molar-refractivity contribution < 1.29 is 9.90 Å². The number of hydrogen-bond acceptors (Lipinski definition) is 5. The number of carbonyl (C=O) groups is 1. The van der Waals surface area contributed by atoms with Crippen LogP contribution < -0.4 is 5.32 Å². The second-order valence-corrected chi connectivity index (χ2v) is 4.99. The zero-order valence-corrected chi connectivity index (χ0v) is 12.4. The minimum atomic E-state index is -1.00. The zero-order valence-electron chi connectivity index (χ0n) is 12.4. The summed E-state index contributed by atoms with van der Waals surface area (Å²) in [6.07, 6.45) is 5.02. The van der Waals surface area contributed by atoms with Crippen molar-refractivity contribution in [2.24, 2.45) is 0 Å². The average molecular weight is 306 g/mol. The maximum absolute atomic E-state index is 11.3. The highest BCUT2D eigenvalue weighted by Crippen LogP contribution is 2.22. The predicted octanol–water partition coefficient (Wildman–Crippen LogP) is 3.29. The number of nitrogens with zero attached hydrogens (tertiary/aromatic N) is 3. The molecule has 0 saturated heterocycles. The Kier molecular flexibility index (Phi) is 3.97. The highest BCUT2D eigenvalue weighted by Gasteiger charge is 2.11. The lowest BCUT2D eigenvalue weighted by atomic mass is 10.1. The van der Waals surface area contributed by atoms with Crippen molar-refractivity contribution in [1.29, 1.82) is 0 Å². The number of carboxylic acids is 1. The average Bonchev–Trinajstić information content (AvgIpc) is 2.56. The van der Waals surface area contributed by atoms with Gasteiger partial charge in [-0.2, -0.15) is 0 Å². The summed E-state index contributed by atoms with van der Waals surface area (Å²) in [5.74, 6) is -0.671. The number of carboxylic acid groups (broad SMARTS) is 1. The van der Waals surface area contributed by atoms with E-state index in [4.69, 9.17) is 0 Å². The number of aromatic nitrogens is 3. The second kappa shape index (κ2) is 6.23. The Labute approximate surface area is 132 Å². The highest BCUT2D eigenvalue weighted by atomic mass is 16.4. The lowest BCUT2D eigenvalue weighted by Gasteiger charge is -2.10. The molecule has 0 radical (unpaired) electrons. The molecule has 0 aliphatic carbocycles. The van der Waals surface area contributed by atoms with Gasteiger partial charge in [0.25, 0.3) is 0 Å². The molecule has 0 fully saturated rings. The third kappa shape index (κ3) is 3.32. The van der Waals surface area contributed by atoms with Crippen LogP contribution in [0.5, 0.6) is 0 Å².